The van der Waals surface area contributed by atoms with E-state index in [0.717, 1.165) is 13.0 Å². The van der Waals surface area contributed by atoms with E-state index in [1.165, 1.54) is 18.6 Å². The first-order chi connectivity index (χ1) is 9.63. The Hall–Kier alpha value is -2.44. The zero-order chi connectivity index (χ0) is 14.5. The van der Waals surface area contributed by atoms with Crippen LogP contribution >= 0.6 is 0 Å². The van der Waals surface area contributed by atoms with Gasteiger partial charge in [-0.1, -0.05) is 6.92 Å². The van der Waals surface area contributed by atoms with Gasteiger partial charge in [-0.3, -0.25) is 4.79 Å². The van der Waals surface area contributed by atoms with Crippen molar-refractivity contribution in [3.8, 4) is 5.75 Å². The molecule has 2 heterocycles. The third-order valence-corrected chi connectivity index (χ3v) is 2.82. The molecule has 2 N–H and O–H groups in total. The zero-order valence-electron chi connectivity index (χ0n) is 11.4. The molecule has 0 aliphatic carbocycles. The summed E-state index contributed by atoms with van der Waals surface area (Å²) in [6.45, 7) is 4.60. The Balaban J connectivity index is 2.11. The van der Waals surface area contributed by atoms with E-state index >= 15 is 0 Å². The summed E-state index contributed by atoms with van der Waals surface area (Å²) < 4.78 is 1.75. The van der Waals surface area contributed by atoms with Crippen LogP contribution in [0.4, 0.5) is 0 Å². The van der Waals surface area contributed by atoms with Crippen molar-refractivity contribution in [1.82, 2.24) is 25.1 Å². The summed E-state index contributed by atoms with van der Waals surface area (Å²) in [7, 11) is 0. The Morgan fingerprint density at radius 1 is 1.50 bits per heavy atom. The highest BCUT2D eigenvalue weighted by Crippen LogP contribution is 2.15. The van der Waals surface area contributed by atoms with Crippen LogP contribution in [0.1, 0.15) is 42.6 Å². The van der Waals surface area contributed by atoms with Crippen LogP contribution in [0.2, 0.25) is 0 Å². The monoisotopic (exact) mass is 275 g/mol. The first-order valence-electron chi connectivity index (χ1n) is 6.46. The Morgan fingerprint density at radius 3 is 3.00 bits per heavy atom. The molecular formula is C13H17N5O2. The number of carbonyl (C=O) groups excluding carboxylic acids is 1. The van der Waals surface area contributed by atoms with Gasteiger partial charge >= 0.3 is 0 Å². The Labute approximate surface area is 116 Å². The normalized spacial score (nSPS) is 12.1. The van der Waals surface area contributed by atoms with E-state index in [9.17, 15) is 9.90 Å². The van der Waals surface area contributed by atoms with Gasteiger partial charge in [0.05, 0.1) is 6.04 Å². The molecule has 0 aliphatic rings. The molecule has 106 valence electrons. The lowest BCUT2D eigenvalue weighted by Gasteiger charge is -2.14. The van der Waals surface area contributed by atoms with E-state index < -0.39 is 5.91 Å². The van der Waals surface area contributed by atoms with Crippen molar-refractivity contribution < 1.29 is 9.90 Å². The Kier molecular flexibility index (Phi) is 4.29. The molecule has 7 nitrogen and oxygen atoms in total. The molecule has 0 saturated heterocycles. The second-order valence-electron chi connectivity index (χ2n) is 4.41. The standard InChI is InChI=1S/C13H17N5O2/c1-3-7-18-12(15-8-16-18)9(2)17-13(20)11-10(19)5-4-6-14-11/h4-6,8-9,19H,3,7H2,1-2H3,(H,17,20)/t9-/m1/s1. The summed E-state index contributed by atoms with van der Waals surface area (Å²) in [6.07, 6.45) is 3.85. The van der Waals surface area contributed by atoms with Gasteiger partial charge in [-0.25, -0.2) is 14.6 Å². The number of rotatable bonds is 5. The SMILES string of the molecule is CCCn1ncnc1[C@@H](C)NC(=O)c1ncccc1O. The van der Waals surface area contributed by atoms with E-state index in [4.69, 9.17) is 0 Å². The first-order valence-corrected chi connectivity index (χ1v) is 6.46. The highest BCUT2D eigenvalue weighted by Gasteiger charge is 2.19. The third-order valence-electron chi connectivity index (χ3n) is 2.82. The molecule has 2 rings (SSSR count). The number of aromatic nitrogens is 4. The molecule has 1 amide bonds. The van der Waals surface area contributed by atoms with Crippen LogP contribution < -0.4 is 5.32 Å². The second-order valence-corrected chi connectivity index (χ2v) is 4.41. The second kappa shape index (κ2) is 6.14. The molecule has 7 heteroatoms. The zero-order valence-corrected chi connectivity index (χ0v) is 11.4. The molecule has 20 heavy (non-hydrogen) atoms. The summed E-state index contributed by atoms with van der Waals surface area (Å²) >= 11 is 0. The molecule has 1 atom stereocenters. The van der Waals surface area contributed by atoms with E-state index in [2.05, 4.69) is 20.4 Å². The summed E-state index contributed by atoms with van der Waals surface area (Å²) in [5.74, 6) is 0.0875. The van der Waals surface area contributed by atoms with Crippen molar-refractivity contribution >= 4 is 5.91 Å². The number of hydrogen-bond donors (Lipinski definition) is 2. The summed E-state index contributed by atoms with van der Waals surface area (Å²) in [5, 5.41) is 16.5. The minimum atomic E-state index is -0.443. The Morgan fingerprint density at radius 2 is 2.30 bits per heavy atom. The lowest BCUT2D eigenvalue weighted by atomic mass is 10.2. The van der Waals surface area contributed by atoms with E-state index in [-0.39, 0.29) is 17.5 Å². The fraction of sp³-hybridized carbons (Fsp3) is 0.385. The molecule has 0 unspecified atom stereocenters. The molecule has 0 saturated carbocycles. The van der Waals surface area contributed by atoms with Gasteiger partial charge in [0.15, 0.2) is 5.69 Å². The number of nitrogens with zero attached hydrogens (tertiary/aromatic N) is 4. The van der Waals surface area contributed by atoms with Gasteiger partial charge in [0.25, 0.3) is 5.91 Å². The average Bonchev–Trinajstić information content (AvgIpc) is 2.88. The predicted octanol–water partition coefficient (Wildman–Crippen LogP) is 1.28. The molecule has 0 aromatic carbocycles. The average molecular weight is 275 g/mol. The first kappa shape index (κ1) is 14.0. The van der Waals surface area contributed by atoms with Crippen molar-refractivity contribution in [3.05, 3.63) is 36.2 Å². The van der Waals surface area contributed by atoms with E-state index in [1.54, 1.807) is 10.7 Å². The van der Waals surface area contributed by atoms with Gasteiger partial charge in [0.2, 0.25) is 0 Å². The summed E-state index contributed by atoms with van der Waals surface area (Å²) in [6, 6.07) is 2.66. The highest BCUT2D eigenvalue weighted by molar-refractivity contribution is 5.94. The molecule has 0 fully saturated rings. The number of hydrogen-bond acceptors (Lipinski definition) is 5. The largest absolute Gasteiger partial charge is 0.505 e. The quantitative estimate of drug-likeness (QED) is 0.857. The minimum Gasteiger partial charge on any atom is -0.505 e. The van der Waals surface area contributed by atoms with Gasteiger partial charge < -0.3 is 10.4 Å². The summed E-state index contributed by atoms with van der Waals surface area (Å²) in [4.78, 5) is 20.1. The van der Waals surface area contributed by atoms with Gasteiger partial charge in [0.1, 0.15) is 17.9 Å². The smallest absolute Gasteiger partial charge is 0.274 e. The number of nitrogens with one attached hydrogen (secondary N) is 1. The number of aromatic hydroxyl groups is 1. The van der Waals surface area contributed by atoms with Crippen molar-refractivity contribution in [3.63, 3.8) is 0 Å². The fourth-order valence-electron chi connectivity index (χ4n) is 1.89. The summed E-state index contributed by atoms with van der Waals surface area (Å²) in [5.41, 5.74) is 0.000840. The molecule has 0 spiro atoms. The van der Waals surface area contributed by atoms with Crippen LogP contribution in [0.5, 0.6) is 5.75 Å². The van der Waals surface area contributed by atoms with E-state index in [0.29, 0.717) is 5.82 Å². The van der Waals surface area contributed by atoms with Gasteiger partial charge in [-0.2, -0.15) is 5.10 Å². The maximum atomic E-state index is 12.0. The molecule has 0 bridgehead atoms. The van der Waals surface area contributed by atoms with Crippen LogP contribution in [-0.4, -0.2) is 30.8 Å². The van der Waals surface area contributed by atoms with Gasteiger partial charge in [-0.15, -0.1) is 0 Å². The minimum absolute atomic E-state index is 0.000840. The fourth-order valence-corrected chi connectivity index (χ4v) is 1.89. The van der Waals surface area contributed by atoms with Gasteiger partial charge in [0, 0.05) is 12.7 Å². The van der Waals surface area contributed by atoms with Crippen molar-refractivity contribution in [2.24, 2.45) is 0 Å². The lowest BCUT2D eigenvalue weighted by molar-refractivity contribution is 0.0929. The topological polar surface area (TPSA) is 92.9 Å². The van der Waals surface area contributed by atoms with E-state index in [1.807, 2.05) is 13.8 Å². The maximum absolute atomic E-state index is 12.0. The van der Waals surface area contributed by atoms with Gasteiger partial charge in [-0.05, 0) is 25.5 Å². The van der Waals surface area contributed by atoms with Crippen LogP contribution in [0.15, 0.2) is 24.7 Å². The van der Waals surface area contributed by atoms with Crippen LogP contribution in [0, 0.1) is 0 Å². The van der Waals surface area contributed by atoms with Crippen LogP contribution in [0.25, 0.3) is 0 Å². The number of amides is 1. The molecule has 2 aromatic rings. The highest BCUT2D eigenvalue weighted by atomic mass is 16.3. The van der Waals surface area contributed by atoms with Crippen molar-refractivity contribution in [1.29, 1.82) is 0 Å². The number of carbonyl (C=O) groups is 1. The number of pyridine rings is 1. The molecule has 2 aromatic heterocycles. The van der Waals surface area contributed by atoms with Crippen molar-refractivity contribution in [2.75, 3.05) is 0 Å². The third kappa shape index (κ3) is 2.93. The number of aryl methyl sites for hydroxylation is 1. The molecule has 0 radical (unpaired) electrons. The van der Waals surface area contributed by atoms with Crippen molar-refractivity contribution in [2.45, 2.75) is 32.9 Å². The predicted molar refractivity (Wildman–Crippen MR) is 72.1 cm³/mol. The lowest BCUT2D eigenvalue weighted by Crippen LogP contribution is -2.29. The van der Waals surface area contributed by atoms with Crippen LogP contribution in [-0.2, 0) is 6.54 Å². The molecular weight excluding hydrogens is 258 g/mol. The van der Waals surface area contributed by atoms with Crippen LogP contribution in [0.3, 0.4) is 0 Å². The molecule has 0 aliphatic heterocycles. The Bertz CT molecular complexity index is 596. The maximum Gasteiger partial charge on any atom is 0.274 e.